The fraction of sp³-hybridized carbons (Fsp3) is 0.104. The fourth-order valence-electron chi connectivity index (χ4n) is 8.69. The van der Waals surface area contributed by atoms with E-state index in [0.29, 0.717) is 0 Å². The molecule has 0 bridgehead atoms. The van der Waals surface area contributed by atoms with Crippen molar-refractivity contribution >= 4 is 33.8 Å². The lowest BCUT2D eigenvalue weighted by Crippen LogP contribution is -2.20. The van der Waals surface area contributed by atoms with Crippen LogP contribution in [0.1, 0.15) is 57.2 Å². The molecule has 7 aromatic carbocycles. The maximum atomic E-state index is 2.35. The summed E-state index contributed by atoms with van der Waals surface area (Å²) in [5.74, 6) is 0. The Morgan fingerprint density at radius 2 is 1.03 bits per heavy atom. The second-order valence-electron chi connectivity index (χ2n) is 17.1. The number of hydrogen-bond acceptors (Lipinski definition) is 2. The van der Waals surface area contributed by atoms with Crippen molar-refractivity contribution in [3.05, 3.63) is 290 Å². The summed E-state index contributed by atoms with van der Waals surface area (Å²) in [6, 6.07) is 65.5. The maximum absolute atomic E-state index is 2.35. The van der Waals surface area contributed by atoms with Crippen LogP contribution in [0.25, 0.3) is 50.1 Å². The molecule has 2 nitrogen and oxygen atoms in total. The molecule has 0 aromatic heterocycles. The number of rotatable bonds is 17. The Hall–Kier alpha value is -8.20. The summed E-state index contributed by atoms with van der Waals surface area (Å²) >= 11 is 0. The molecule has 1 aliphatic carbocycles. The molecule has 0 saturated carbocycles. The molecule has 8 rings (SSSR count). The zero-order valence-corrected chi connectivity index (χ0v) is 40.4. The van der Waals surface area contributed by atoms with Gasteiger partial charge in [0.1, 0.15) is 0 Å². The Morgan fingerprint density at radius 1 is 0.478 bits per heavy atom. The summed E-state index contributed by atoms with van der Waals surface area (Å²) in [6.45, 7) is 9.16. The van der Waals surface area contributed by atoms with Gasteiger partial charge in [0, 0.05) is 35.5 Å². The molecule has 340 valence electrons. The molecule has 0 unspecified atom stereocenters. The van der Waals surface area contributed by atoms with Crippen LogP contribution in [-0.4, -0.2) is 6.54 Å². The molecular weight excluding hydrogens is 833 g/mol. The minimum Gasteiger partial charge on any atom is -0.342 e. The molecule has 0 spiro atoms. The number of anilines is 3. The quantitative estimate of drug-likeness (QED) is 0.0841. The third-order valence-corrected chi connectivity index (χ3v) is 12.5. The molecule has 1 aliphatic rings. The molecule has 2 heteroatoms. The lowest BCUT2D eigenvalue weighted by atomic mass is 9.95. The number of para-hydroxylation sites is 1. The fourth-order valence-corrected chi connectivity index (χ4v) is 8.69. The van der Waals surface area contributed by atoms with E-state index in [1.165, 1.54) is 61.4 Å². The van der Waals surface area contributed by atoms with Crippen LogP contribution in [-0.2, 0) is 0 Å². The summed E-state index contributed by atoms with van der Waals surface area (Å²) in [7, 11) is 0. The van der Waals surface area contributed by atoms with Crippen LogP contribution in [0, 0.1) is 0 Å². The zero-order chi connectivity index (χ0) is 47.6. The van der Waals surface area contributed by atoms with Crippen molar-refractivity contribution in [2.75, 3.05) is 16.3 Å². The van der Waals surface area contributed by atoms with E-state index in [1.54, 1.807) is 0 Å². The first-order valence-corrected chi connectivity index (χ1v) is 24.2. The molecule has 0 radical (unpaired) electrons. The number of hydrogen-bond donors (Lipinski definition) is 0. The largest absolute Gasteiger partial charge is 0.342 e. The molecule has 69 heavy (non-hydrogen) atoms. The van der Waals surface area contributed by atoms with Gasteiger partial charge in [-0.15, -0.1) is 0 Å². The molecule has 0 atom stereocenters. The average Bonchev–Trinajstić information content (AvgIpc) is 3.42. The highest BCUT2D eigenvalue weighted by Crippen LogP contribution is 2.32. The van der Waals surface area contributed by atoms with E-state index in [9.17, 15) is 0 Å². The Kier molecular flexibility index (Phi) is 16.5. The highest BCUT2D eigenvalue weighted by molar-refractivity contribution is 5.81. The maximum Gasteiger partial charge on any atom is 0.0455 e. The van der Waals surface area contributed by atoms with Crippen molar-refractivity contribution < 1.29 is 0 Å². The second kappa shape index (κ2) is 24.0. The van der Waals surface area contributed by atoms with Gasteiger partial charge in [0.15, 0.2) is 0 Å². The van der Waals surface area contributed by atoms with Gasteiger partial charge in [-0.1, -0.05) is 206 Å². The van der Waals surface area contributed by atoms with Gasteiger partial charge in [-0.3, -0.25) is 0 Å². The van der Waals surface area contributed by atoms with Gasteiger partial charge < -0.3 is 9.80 Å². The van der Waals surface area contributed by atoms with E-state index in [2.05, 4.69) is 305 Å². The SMILES string of the molecule is C/C=C\C=C(/C)N(C/C=C\C(=C/C)c1ccc(-c2cccc(-c3ccc(C(/C=C\C)=C/C=C/N(c4ccccc4)c4ccc(C5=CCCC=C5)cc4)cc3)c2)cc1)c1ccc(-c2ccccc2)cc1. The molecule has 0 aliphatic heterocycles. The minimum absolute atomic E-state index is 0.748. The number of allylic oxidation sites excluding steroid dienone is 16. The zero-order valence-electron chi connectivity index (χ0n) is 40.4. The van der Waals surface area contributed by atoms with Crippen molar-refractivity contribution in [3.8, 4) is 33.4 Å². The summed E-state index contributed by atoms with van der Waals surface area (Å²) in [6.07, 6.45) is 32.9. The van der Waals surface area contributed by atoms with Gasteiger partial charge in [0.05, 0.1) is 0 Å². The smallest absolute Gasteiger partial charge is 0.0455 e. The Bertz CT molecular complexity index is 3040. The third kappa shape index (κ3) is 12.4. The van der Waals surface area contributed by atoms with Crippen LogP contribution in [0.2, 0.25) is 0 Å². The molecule has 0 N–H and O–H groups in total. The van der Waals surface area contributed by atoms with Crippen molar-refractivity contribution in [1.29, 1.82) is 0 Å². The highest BCUT2D eigenvalue weighted by atomic mass is 15.1. The Balaban J connectivity index is 0.945. The summed E-state index contributed by atoms with van der Waals surface area (Å²) < 4.78 is 0. The van der Waals surface area contributed by atoms with E-state index >= 15 is 0 Å². The predicted octanol–water partition coefficient (Wildman–Crippen LogP) is 18.7. The second-order valence-corrected chi connectivity index (χ2v) is 17.1. The van der Waals surface area contributed by atoms with E-state index < -0.39 is 0 Å². The van der Waals surface area contributed by atoms with Gasteiger partial charge in [-0.05, 0) is 162 Å². The van der Waals surface area contributed by atoms with Crippen LogP contribution < -0.4 is 9.80 Å². The minimum atomic E-state index is 0.748. The standard InChI is InChI=1S/C67H62N2/c1-5-8-22-52(4)68(66-45-41-59(42-46-66)55-23-12-9-13-24-55)49-19-29-53(7-3)57-33-37-61(38-34-57)63-27-18-28-64(51-63)62-39-35-58(36-40-62)54(21-6-2)30-20-50-69(65-31-16-11-17-32-65)67-47-43-60(44-48-67)56-25-14-10-15-26-56/h5-9,11-14,16-48,50-51H,10,15,49H2,1-4H3/b8-5-,21-6-,29-19-,50-20+,52-22+,53-7+,54-30+. The lowest BCUT2D eigenvalue weighted by Gasteiger charge is -2.24. The molecule has 0 fully saturated rings. The van der Waals surface area contributed by atoms with Crippen LogP contribution in [0.5, 0.6) is 0 Å². The van der Waals surface area contributed by atoms with Crippen LogP contribution in [0.3, 0.4) is 0 Å². The lowest BCUT2D eigenvalue weighted by molar-refractivity contribution is 1.01. The van der Waals surface area contributed by atoms with Crippen molar-refractivity contribution in [2.45, 2.75) is 40.5 Å². The molecule has 0 amide bonds. The molecular formula is C67H62N2. The van der Waals surface area contributed by atoms with Gasteiger partial charge in [0.25, 0.3) is 0 Å². The molecule has 0 saturated heterocycles. The first-order chi connectivity index (χ1) is 34.0. The van der Waals surface area contributed by atoms with E-state index in [1.807, 2.05) is 0 Å². The Morgan fingerprint density at radius 3 is 1.64 bits per heavy atom. The first kappa shape index (κ1) is 47.3. The van der Waals surface area contributed by atoms with Crippen LogP contribution in [0.4, 0.5) is 17.1 Å². The molecule has 0 heterocycles. The monoisotopic (exact) mass is 894 g/mol. The van der Waals surface area contributed by atoms with E-state index in [0.717, 1.165) is 47.6 Å². The van der Waals surface area contributed by atoms with Gasteiger partial charge in [-0.25, -0.2) is 0 Å². The van der Waals surface area contributed by atoms with Crippen LogP contribution >= 0.6 is 0 Å². The van der Waals surface area contributed by atoms with Gasteiger partial charge >= 0.3 is 0 Å². The average molecular weight is 895 g/mol. The number of nitrogens with zero attached hydrogens (tertiary/aromatic N) is 2. The summed E-state index contributed by atoms with van der Waals surface area (Å²) in [4.78, 5) is 4.60. The van der Waals surface area contributed by atoms with E-state index in [-0.39, 0.29) is 0 Å². The highest BCUT2D eigenvalue weighted by Gasteiger charge is 2.11. The van der Waals surface area contributed by atoms with Crippen molar-refractivity contribution in [1.82, 2.24) is 0 Å². The van der Waals surface area contributed by atoms with E-state index in [4.69, 9.17) is 0 Å². The van der Waals surface area contributed by atoms with Crippen LogP contribution in [0.15, 0.2) is 273 Å². The molecule has 7 aromatic rings. The topological polar surface area (TPSA) is 6.48 Å². The summed E-state index contributed by atoms with van der Waals surface area (Å²) in [5, 5.41) is 0. The number of benzene rings is 7. The van der Waals surface area contributed by atoms with Crippen molar-refractivity contribution in [2.24, 2.45) is 0 Å². The van der Waals surface area contributed by atoms with Gasteiger partial charge in [-0.2, -0.15) is 0 Å². The Labute approximate surface area is 411 Å². The third-order valence-electron chi connectivity index (χ3n) is 12.5. The summed E-state index contributed by atoms with van der Waals surface area (Å²) in [5.41, 5.74) is 19.0. The predicted molar refractivity (Wildman–Crippen MR) is 301 cm³/mol. The van der Waals surface area contributed by atoms with Crippen molar-refractivity contribution in [3.63, 3.8) is 0 Å². The van der Waals surface area contributed by atoms with Gasteiger partial charge in [0.2, 0.25) is 0 Å². The first-order valence-electron chi connectivity index (χ1n) is 24.2. The normalized spacial score (nSPS) is 13.5.